The predicted molar refractivity (Wildman–Crippen MR) is 117 cm³/mol. The van der Waals surface area contributed by atoms with Crippen LogP contribution in [0.25, 0.3) is 0 Å². The van der Waals surface area contributed by atoms with Gasteiger partial charge < -0.3 is 20.0 Å². The standard InChI is InChI=1S/C22H30N6O/c1-2-18-7-6-8-19(17-18)24-22(29)28-15-13-26(14-16-28)20-9-10-23-21(25-20)27-11-4-3-5-12-27/h6-10,17H,2-5,11-16H2,1H3,(H,24,29). The van der Waals surface area contributed by atoms with Crippen molar-refractivity contribution in [2.45, 2.75) is 32.6 Å². The molecule has 1 N–H and O–H groups in total. The van der Waals surface area contributed by atoms with E-state index in [0.29, 0.717) is 13.1 Å². The van der Waals surface area contributed by atoms with Gasteiger partial charge in [0.25, 0.3) is 0 Å². The fourth-order valence-corrected chi connectivity index (χ4v) is 3.97. The number of anilines is 3. The molecule has 29 heavy (non-hydrogen) atoms. The number of amides is 2. The van der Waals surface area contributed by atoms with Crippen LogP contribution in [0.1, 0.15) is 31.7 Å². The van der Waals surface area contributed by atoms with Crippen molar-refractivity contribution in [2.75, 3.05) is 54.4 Å². The summed E-state index contributed by atoms with van der Waals surface area (Å²) in [6, 6.07) is 9.98. The van der Waals surface area contributed by atoms with Gasteiger partial charge in [0.05, 0.1) is 0 Å². The molecule has 1 aromatic carbocycles. The molecule has 1 aromatic heterocycles. The Balaban J connectivity index is 1.33. The lowest BCUT2D eigenvalue weighted by Crippen LogP contribution is -2.50. The maximum atomic E-state index is 12.6. The zero-order valence-corrected chi connectivity index (χ0v) is 17.2. The van der Waals surface area contributed by atoms with Gasteiger partial charge in [0.2, 0.25) is 5.95 Å². The summed E-state index contributed by atoms with van der Waals surface area (Å²) in [5, 5.41) is 3.03. The minimum Gasteiger partial charge on any atom is -0.353 e. The third kappa shape index (κ3) is 4.78. The molecule has 7 heteroatoms. The highest BCUT2D eigenvalue weighted by atomic mass is 16.2. The molecule has 7 nitrogen and oxygen atoms in total. The highest BCUT2D eigenvalue weighted by Crippen LogP contribution is 2.20. The lowest BCUT2D eigenvalue weighted by Gasteiger charge is -2.35. The van der Waals surface area contributed by atoms with Crippen molar-refractivity contribution < 1.29 is 4.79 Å². The van der Waals surface area contributed by atoms with Crippen LogP contribution in [0.2, 0.25) is 0 Å². The quantitative estimate of drug-likeness (QED) is 0.861. The Labute approximate surface area is 172 Å². The van der Waals surface area contributed by atoms with Crippen LogP contribution < -0.4 is 15.1 Å². The molecule has 0 atom stereocenters. The largest absolute Gasteiger partial charge is 0.353 e. The molecule has 3 heterocycles. The highest BCUT2D eigenvalue weighted by molar-refractivity contribution is 5.89. The highest BCUT2D eigenvalue weighted by Gasteiger charge is 2.23. The first kappa shape index (κ1) is 19.5. The van der Waals surface area contributed by atoms with Gasteiger partial charge in [-0.3, -0.25) is 0 Å². The summed E-state index contributed by atoms with van der Waals surface area (Å²) >= 11 is 0. The van der Waals surface area contributed by atoms with Crippen molar-refractivity contribution >= 4 is 23.5 Å². The number of nitrogens with one attached hydrogen (secondary N) is 1. The summed E-state index contributed by atoms with van der Waals surface area (Å²) in [4.78, 5) is 28.3. The molecule has 154 valence electrons. The fourth-order valence-electron chi connectivity index (χ4n) is 3.97. The van der Waals surface area contributed by atoms with E-state index in [0.717, 1.165) is 50.1 Å². The van der Waals surface area contributed by atoms with Gasteiger partial charge in [-0.05, 0) is 49.4 Å². The van der Waals surface area contributed by atoms with E-state index in [1.54, 1.807) is 0 Å². The number of carbonyl (C=O) groups is 1. The first-order valence-electron chi connectivity index (χ1n) is 10.7. The number of piperazine rings is 1. The first-order valence-corrected chi connectivity index (χ1v) is 10.7. The zero-order valence-electron chi connectivity index (χ0n) is 17.2. The van der Waals surface area contributed by atoms with Crippen molar-refractivity contribution in [3.63, 3.8) is 0 Å². The number of aryl methyl sites for hydroxylation is 1. The maximum Gasteiger partial charge on any atom is 0.321 e. The van der Waals surface area contributed by atoms with Gasteiger partial charge in [-0.2, -0.15) is 4.98 Å². The Morgan fingerprint density at radius 2 is 1.79 bits per heavy atom. The second-order valence-corrected chi connectivity index (χ2v) is 7.72. The van der Waals surface area contributed by atoms with Crippen molar-refractivity contribution in [2.24, 2.45) is 0 Å². The molecule has 2 aromatic rings. The summed E-state index contributed by atoms with van der Waals surface area (Å²) in [6.07, 6.45) is 6.53. The number of nitrogens with zero attached hydrogens (tertiary/aromatic N) is 5. The van der Waals surface area contributed by atoms with Crippen molar-refractivity contribution in [3.05, 3.63) is 42.1 Å². The van der Waals surface area contributed by atoms with Crippen LogP contribution in [0.4, 0.5) is 22.2 Å². The van der Waals surface area contributed by atoms with Gasteiger partial charge in [0.1, 0.15) is 5.82 Å². The second-order valence-electron chi connectivity index (χ2n) is 7.72. The van der Waals surface area contributed by atoms with E-state index in [9.17, 15) is 4.79 Å². The van der Waals surface area contributed by atoms with E-state index in [2.05, 4.69) is 33.1 Å². The Morgan fingerprint density at radius 1 is 1.00 bits per heavy atom. The number of rotatable bonds is 4. The van der Waals surface area contributed by atoms with Crippen LogP contribution in [0.15, 0.2) is 36.5 Å². The molecular formula is C22H30N6O. The number of piperidine rings is 1. The van der Waals surface area contributed by atoms with Crippen molar-refractivity contribution in [1.29, 1.82) is 0 Å². The number of urea groups is 1. The van der Waals surface area contributed by atoms with E-state index in [4.69, 9.17) is 4.98 Å². The molecule has 0 aliphatic carbocycles. The summed E-state index contributed by atoms with van der Waals surface area (Å²) in [5.41, 5.74) is 2.08. The molecule has 0 saturated carbocycles. The van der Waals surface area contributed by atoms with Crippen LogP contribution in [-0.4, -0.2) is 60.2 Å². The molecule has 2 fully saturated rings. The van der Waals surface area contributed by atoms with E-state index < -0.39 is 0 Å². The van der Waals surface area contributed by atoms with E-state index in [-0.39, 0.29) is 6.03 Å². The summed E-state index contributed by atoms with van der Waals surface area (Å²) in [6.45, 7) is 7.11. The van der Waals surface area contributed by atoms with Crippen molar-refractivity contribution in [1.82, 2.24) is 14.9 Å². The van der Waals surface area contributed by atoms with E-state index in [1.165, 1.54) is 24.8 Å². The molecule has 4 rings (SSSR count). The van der Waals surface area contributed by atoms with Gasteiger partial charge in [-0.15, -0.1) is 0 Å². The van der Waals surface area contributed by atoms with Crippen LogP contribution in [0.5, 0.6) is 0 Å². The van der Waals surface area contributed by atoms with Gasteiger partial charge in [0, 0.05) is 51.2 Å². The molecule has 0 unspecified atom stereocenters. The third-order valence-electron chi connectivity index (χ3n) is 5.74. The molecule has 2 saturated heterocycles. The number of aromatic nitrogens is 2. The Hall–Kier alpha value is -2.83. The maximum absolute atomic E-state index is 12.6. The smallest absolute Gasteiger partial charge is 0.321 e. The third-order valence-corrected chi connectivity index (χ3v) is 5.74. The normalized spacial score (nSPS) is 17.3. The Bertz CT molecular complexity index is 828. The van der Waals surface area contributed by atoms with Gasteiger partial charge >= 0.3 is 6.03 Å². The minimum atomic E-state index is -0.0328. The summed E-state index contributed by atoms with van der Waals surface area (Å²) < 4.78 is 0. The number of carbonyl (C=O) groups excluding carboxylic acids is 1. The fraction of sp³-hybridized carbons (Fsp3) is 0.500. The second kappa shape index (κ2) is 9.11. The SMILES string of the molecule is CCc1cccc(NC(=O)N2CCN(c3ccnc(N4CCCCC4)n3)CC2)c1. The van der Waals surface area contributed by atoms with Gasteiger partial charge in [-0.1, -0.05) is 19.1 Å². The van der Waals surface area contributed by atoms with E-state index >= 15 is 0 Å². The molecule has 0 radical (unpaired) electrons. The monoisotopic (exact) mass is 394 g/mol. The number of hydrogen-bond acceptors (Lipinski definition) is 5. The van der Waals surface area contributed by atoms with Gasteiger partial charge in [0.15, 0.2) is 0 Å². The average molecular weight is 395 g/mol. The number of benzene rings is 1. The topological polar surface area (TPSA) is 64.6 Å². The molecule has 0 spiro atoms. The first-order chi connectivity index (χ1) is 14.2. The molecule has 0 bridgehead atoms. The molecular weight excluding hydrogens is 364 g/mol. The Morgan fingerprint density at radius 3 is 2.55 bits per heavy atom. The minimum absolute atomic E-state index is 0.0328. The summed E-state index contributed by atoms with van der Waals surface area (Å²) in [7, 11) is 0. The summed E-state index contributed by atoms with van der Waals surface area (Å²) in [5.74, 6) is 1.79. The Kier molecular flexibility index (Phi) is 6.12. The lowest BCUT2D eigenvalue weighted by molar-refractivity contribution is 0.208. The van der Waals surface area contributed by atoms with Crippen LogP contribution >= 0.6 is 0 Å². The number of hydrogen-bond donors (Lipinski definition) is 1. The lowest BCUT2D eigenvalue weighted by atomic mass is 10.1. The zero-order chi connectivity index (χ0) is 20.1. The molecule has 2 aliphatic heterocycles. The van der Waals surface area contributed by atoms with Crippen LogP contribution in [0.3, 0.4) is 0 Å². The predicted octanol–water partition coefficient (Wildman–Crippen LogP) is 3.38. The van der Waals surface area contributed by atoms with Crippen LogP contribution in [-0.2, 0) is 6.42 Å². The molecule has 2 aliphatic rings. The van der Waals surface area contributed by atoms with Crippen LogP contribution in [0, 0.1) is 0 Å². The average Bonchev–Trinajstić information content (AvgIpc) is 2.80. The van der Waals surface area contributed by atoms with Gasteiger partial charge in [-0.25, -0.2) is 9.78 Å². The molecule has 2 amide bonds. The van der Waals surface area contributed by atoms with Crippen molar-refractivity contribution in [3.8, 4) is 0 Å². The van der Waals surface area contributed by atoms with E-state index in [1.807, 2.05) is 35.4 Å².